The highest BCUT2D eigenvalue weighted by molar-refractivity contribution is 9.09. The molecule has 2 nitrogen and oxygen atoms in total. The molecule has 1 aliphatic rings. The van der Waals surface area contributed by atoms with Gasteiger partial charge < -0.3 is 5.32 Å². The maximum atomic E-state index is 12.2. The van der Waals surface area contributed by atoms with Crippen molar-refractivity contribution in [2.24, 2.45) is 0 Å². The van der Waals surface area contributed by atoms with Crippen molar-refractivity contribution in [1.29, 1.82) is 0 Å². The quantitative estimate of drug-likeness (QED) is 0.844. The number of carbonyl (C=O) groups excluding carboxylic acids is 1. The van der Waals surface area contributed by atoms with E-state index in [9.17, 15) is 4.79 Å². The third-order valence-electron chi connectivity index (χ3n) is 3.82. The smallest absolute Gasteiger partial charge is 0.251 e. The topological polar surface area (TPSA) is 29.1 Å². The molecular weight excluding hydrogens is 290 g/mol. The van der Waals surface area contributed by atoms with Gasteiger partial charge in [0.15, 0.2) is 0 Å². The van der Waals surface area contributed by atoms with E-state index < -0.39 is 0 Å². The highest BCUT2D eigenvalue weighted by atomic mass is 79.9. The van der Waals surface area contributed by atoms with Crippen LogP contribution < -0.4 is 5.32 Å². The van der Waals surface area contributed by atoms with Gasteiger partial charge >= 0.3 is 0 Å². The minimum Gasteiger partial charge on any atom is -0.346 e. The summed E-state index contributed by atoms with van der Waals surface area (Å²) in [5, 5.41) is 4.06. The van der Waals surface area contributed by atoms with Gasteiger partial charge in [0.2, 0.25) is 0 Å². The van der Waals surface area contributed by atoms with Crippen LogP contribution in [0.1, 0.15) is 48.5 Å². The standard InChI is InChI=1S/C15H20BrNO/c1-2-12-5-7-13(8-6-12)14(18)17-15(11-16)9-3-4-10-15/h5-8H,2-4,9-11H2,1H3,(H,17,18). The first-order valence-electron chi connectivity index (χ1n) is 6.66. The van der Waals surface area contributed by atoms with Crippen LogP contribution in [0.2, 0.25) is 0 Å². The molecule has 1 N–H and O–H groups in total. The Morgan fingerprint density at radius 2 is 1.89 bits per heavy atom. The lowest BCUT2D eigenvalue weighted by atomic mass is 9.99. The maximum Gasteiger partial charge on any atom is 0.251 e. The van der Waals surface area contributed by atoms with Crippen LogP contribution in [0.3, 0.4) is 0 Å². The summed E-state index contributed by atoms with van der Waals surface area (Å²) in [5.41, 5.74) is 2.00. The van der Waals surface area contributed by atoms with Crippen LogP contribution in [0.25, 0.3) is 0 Å². The van der Waals surface area contributed by atoms with Crippen molar-refractivity contribution in [3.05, 3.63) is 35.4 Å². The number of rotatable bonds is 4. The average molecular weight is 310 g/mol. The molecule has 98 valence electrons. The van der Waals surface area contributed by atoms with Crippen LogP contribution in [0.15, 0.2) is 24.3 Å². The molecular formula is C15H20BrNO. The van der Waals surface area contributed by atoms with E-state index in [0.717, 1.165) is 30.2 Å². The number of nitrogens with one attached hydrogen (secondary N) is 1. The second-order valence-corrected chi connectivity index (χ2v) is 5.69. The van der Waals surface area contributed by atoms with Crippen LogP contribution in [0.5, 0.6) is 0 Å². The van der Waals surface area contributed by atoms with Gasteiger partial charge in [0.05, 0.1) is 5.54 Å². The van der Waals surface area contributed by atoms with Crippen LogP contribution in [-0.2, 0) is 6.42 Å². The molecule has 18 heavy (non-hydrogen) atoms. The lowest BCUT2D eigenvalue weighted by molar-refractivity contribution is 0.0910. The van der Waals surface area contributed by atoms with Crippen molar-refractivity contribution in [1.82, 2.24) is 5.32 Å². The lowest BCUT2D eigenvalue weighted by Gasteiger charge is -2.28. The van der Waals surface area contributed by atoms with E-state index in [1.165, 1.54) is 18.4 Å². The predicted octanol–water partition coefficient (Wildman–Crippen LogP) is 3.69. The Kier molecular flexibility index (Phi) is 4.44. The van der Waals surface area contributed by atoms with E-state index in [1.54, 1.807) is 0 Å². The van der Waals surface area contributed by atoms with Gasteiger partial charge in [-0.25, -0.2) is 0 Å². The molecule has 0 aromatic heterocycles. The monoisotopic (exact) mass is 309 g/mol. The van der Waals surface area contributed by atoms with Crippen molar-refractivity contribution in [3.8, 4) is 0 Å². The fourth-order valence-corrected chi connectivity index (χ4v) is 3.25. The summed E-state index contributed by atoms with van der Waals surface area (Å²) in [6.07, 6.45) is 5.59. The minimum atomic E-state index is -0.0273. The summed E-state index contributed by atoms with van der Waals surface area (Å²) in [6, 6.07) is 7.91. The van der Waals surface area contributed by atoms with E-state index in [1.807, 2.05) is 24.3 Å². The number of hydrogen-bond acceptors (Lipinski definition) is 1. The SMILES string of the molecule is CCc1ccc(C(=O)NC2(CBr)CCCC2)cc1. The number of alkyl halides is 1. The highest BCUT2D eigenvalue weighted by Gasteiger charge is 2.34. The maximum absolute atomic E-state index is 12.2. The summed E-state index contributed by atoms with van der Waals surface area (Å²) < 4.78 is 0. The van der Waals surface area contributed by atoms with Gasteiger partial charge in [-0.2, -0.15) is 0 Å². The first-order valence-corrected chi connectivity index (χ1v) is 7.79. The molecule has 2 rings (SSSR count). The summed E-state index contributed by atoms with van der Waals surface area (Å²) in [4.78, 5) is 12.2. The number of hydrogen-bond donors (Lipinski definition) is 1. The van der Waals surface area contributed by atoms with Gasteiger partial charge in [-0.05, 0) is 37.0 Å². The third kappa shape index (κ3) is 2.94. The number of halogens is 1. The Balaban J connectivity index is 2.06. The van der Waals surface area contributed by atoms with Gasteiger partial charge in [-0.15, -0.1) is 0 Å². The molecule has 1 amide bonds. The summed E-state index contributed by atoms with van der Waals surface area (Å²) in [6.45, 7) is 2.12. The summed E-state index contributed by atoms with van der Waals surface area (Å²) >= 11 is 3.54. The molecule has 0 saturated heterocycles. The molecule has 0 atom stereocenters. The predicted molar refractivity (Wildman–Crippen MR) is 78.3 cm³/mol. The molecule has 1 saturated carbocycles. The second-order valence-electron chi connectivity index (χ2n) is 5.13. The lowest BCUT2D eigenvalue weighted by Crippen LogP contribution is -2.47. The zero-order valence-corrected chi connectivity index (χ0v) is 12.4. The summed E-state index contributed by atoms with van der Waals surface area (Å²) in [7, 11) is 0. The van der Waals surface area contributed by atoms with Crippen LogP contribution >= 0.6 is 15.9 Å². The first-order chi connectivity index (χ1) is 8.69. The molecule has 1 fully saturated rings. The van der Waals surface area contributed by atoms with E-state index in [0.29, 0.717) is 0 Å². The molecule has 0 unspecified atom stereocenters. The third-order valence-corrected chi connectivity index (χ3v) is 4.89. The molecule has 1 aliphatic carbocycles. The molecule has 0 heterocycles. The normalized spacial score (nSPS) is 17.7. The Morgan fingerprint density at radius 1 is 1.28 bits per heavy atom. The number of aryl methyl sites for hydroxylation is 1. The van der Waals surface area contributed by atoms with E-state index in [4.69, 9.17) is 0 Å². The van der Waals surface area contributed by atoms with Crippen molar-refractivity contribution >= 4 is 21.8 Å². The highest BCUT2D eigenvalue weighted by Crippen LogP contribution is 2.31. The molecule has 1 aromatic rings. The Bertz CT molecular complexity index is 407. The molecule has 0 spiro atoms. The van der Waals surface area contributed by atoms with Crippen molar-refractivity contribution in [3.63, 3.8) is 0 Å². The van der Waals surface area contributed by atoms with Crippen molar-refractivity contribution in [2.75, 3.05) is 5.33 Å². The second kappa shape index (κ2) is 5.87. The number of benzene rings is 1. The van der Waals surface area contributed by atoms with Gasteiger partial charge in [0.25, 0.3) is 5.91 Å². The zero-order valence-electron chi connectivity index (χ0n) is 10.8. The van der Waals surface area contributed by atoms with Crippen LogP contribution in [0, 0.1) is 0 Å². The molecule has 0 bridgehead atoms. The van der Waals surface area contributed by atoms with E-state index >= 15 is 0 Å². The van der Waals surface area contributed by atoms with Crippen LogP contribution in [-0.4, -0.2) is 16.8 Å². The first kappa shape index (κ1) is 13.6. The van der Waals surface area contributed by atoms with Crippen LogP contribution in [0.4, 0.5) is 0 Å². The molecule has 3 heteroatoms. The molecule has 0 aliphatic heterocycles. The number of amides is 1. The Labute approximate surface area is 117 Å². The average Bonchev–Trinajstić information content (AvgIpc) is 2.88. The summed E-state index contributed by atoms with van der Waals surface area (Å²) in [5.74, 6) is 0.0546. The van der Waals surface area contributed by atoms with Crippen molar-refractivity contribution < 1.29 is 4.79 Å². The van der Waals surface area contributed by atoms with E-state index in [2.05, 4.69) is 28.2 Å². The minimum absolute atomic E-state index is 0.0273. The van der Waals surface area contributed by atoms with Gasteiger partial charge in [-0.3, -0.25) is 4.79 Å². The zero-order chi connectivity index (χ0) is 13.0. The largest absolute Gasteiger partial charge is 0.346 e. The van der Waals surface area contributed by atoms with Gasteiger partial charge in [-0.1, -0.05) is 47.8 Å². The van der Waals surface area contributed by atoms with Gasteiger partial charge in [0.1, 0.15) is 0 Å². The van der Waals surface area contributed by atoms with Gasteiger partial charge in [0, 0.05) is 10.9 Å². The molecule has 0 radical (unpaired) electrons. The Morgan fingerprint density at radius 3 is 2.39 bits per heavy atom. The fourth-order valence-electron chi connectivity index (χ4n) is 2.55. The van der Waals surface area contributed by atoms with Crippen molar-refractivity contribution in [2.45, 2.75) is 44.6 Å². The fraction of sp³-hybridized carbons (Fsp3) is 0.533. The molecule has 1 aromatic carbocycles. The van der Waals surface area contributed by atoms with E-state index in [-0.39, 0.29) is 11.4 Å². The Hall–Kier alpha value is -0.830. The number of carbonyl (C=O) groups is 1.